The van der Waals surface area contributed by atoms with Crippen LogP contribution in [0.2, 0.25) is 0 Å². The molecule has 2 aromatic heterocycles. The average Bonchev–Trinajstić information content (AvgIpc) is 3.46. The lowest BCUT2D eigenvalue weighted by molar-refractivity contribution is -0.167. The van der Waals surface area contributed by atoms with Gasteiger partial charge < -0.3 is 20.6 Å². The number of H-pyrrole nitrogens is 2. The molecule has 5 rings (SSSR count). The number of carbonyl (C=O) groups is 2. The van der Waals surface area contributed by atoms with Crippen LogP contribution in [0.15, 0.2) is 60.7 Å². The molecule has 0 fully saturated rings. The zero-order chi connectivity index (χ0) is 27.2. The first-order valence-electron chi connectivity index (χ1n) is 10.7. The van der Waals surface area contributed by atoms with E-state index in [4.69, 9.17) is 0 Å². The highest BCUT2D eigenvalue weighted by Gasteiger charge is 2.39. The van der Waals surface area contributed by atoms with Crippen molar-refractivity contribution >= 4 is 45.3 Å². The molecule has 5 aromatic rings. The zero-order valence-corrected chi connectivity index (χ0v) is 18.8. The number of carbonyl (C=O) groups excluding carboxylic acids is 2. The number of anilines is 2. The minimum absolute atomic E-state index is 0.0450. The quantitative estimate of drug-likeness (QED) is 0.220. The van der Waals surface area contributed by atoms with E-state index in [9.17, 15) is 35.9 Å². The first-order chi connectivity index (χ1) is 17.9. The smallest absolute Gasteiger partial charge is 0.338 e. The number of aromatic amines is 2. The Morgan fingerprint density at radius 2 is 0.974 bits per heavy atom. The van der Waals surface area contributed by atoms with Crippen LogP contribution >= 0.6 is 0 Å². The van der Waals surface area contributed by atoms with Crippen molar-refractivity contribution in [1.29, 1.82) is 0 Å². The second-order valence-corrected chi connectivity index (χ2v) is 8.12. The van der Waals surface area contributed by atoms with E-state index in [0.717, 1.165) is 0 Å². The topological polar surface area (TPSA) is 116 Å². The van der Waals surface area contributed by atoms with Gasteiger partial charge in [0.05, 0.1) is 22.1 Å². The molecule has 0 atom stereocenters. The lowest BCUT2D eigenvalue weighted by Crippen LogP contribution is -2.29. The van der Waals surface area contributed by atoms with Gasteiger partial charge in [0.25, 0.3) is 0 Å². The second-order valence-electron chi connectivity index (χ2n) is 8.12. The molecule has 0 aliphatic rings. The number of nitrogens with one attached hydrogen (secondary N) is 4. The predicted octanol–water partition coefficient (Wildman–Crippen LogP) is 5.77. The van der Waals surface area contributed by atoms with Crippen LogP contribution < -0.4 is 10.6 Å². The van der Waals surface area contributed by atoms with Crippen molar-refractivity contribution in [3.63, 3.8) is 0 Å². The molecule has 38 heavy (non-hydrogen) atoms. The van der Waals surface area contributed by atoms with Gasteiger partial charge in [0.1, 0.15) is 11.6 Å². The van der Waals surface area contributed by atoms with Crippen molar-refractivity contribution in [2.75, 3.05) is 10.6 Å². The van der Waals surface area contributed by atoms with Gasteiger partial charge in [-0.25, -0.2) is 9.97 Å². The van der Waals surface area contributed by atoms with E-state index in [1.54, 1.807) is 34.9 Å². The van der Waals surface area contributed by atoms with Crippen molar-refractivity contribution in [2.24, 2.45) is 0 Å². The molecule has 194 valence electrons. The molecule has 0 bridgehead atoms. The van der Waals surface area contributed by atoms with E-state index in [-0.39, 0.29) is 11.4 Å². The van der Waals surface area contributed by atoms with Gasteiger partial charge in [-0.1, -0.05) is 24.3 Å². The van der Waals surface area contributed by atoms with E-state index in [2.05, 4.69) is 19.9 Å². The number of halogens is 6. The lowest BCUT2D eigenvalue weighted by atomic mass is 10.1. The summed E-state index contributed by atoms with van der Waals surface area (Å²) in [7, 11) is 0. The van der Waals surface area contributed by atoms with Crippen LogP contribution in [0.4, 0.5) is 37.7 Å². The summed E-state index contributed by atoms with van der Waals surface area (Å²) < 4.78 is 75.0. The second kappa shape index (κ2) is 8.90. The Hall–Kier alpha value is -4.88. The largest absolute Gasteiger partial charge is 0.471 e. The molecule has 0 saturated carbocycles. The number of benzene rings is 3. The number of nitrogens with zero attached hydrogens (tertiary/aromatic N) is 2. The van der Waals surface area contributed by atoms with Gasteiger partial charge in [-0.3, -0.25) is 9.59 Å². The third-order valence-electron chi connectivity index (χ3n) is 5.43. The summed E-state index contributed by atoms with van der Waals surface area (Å²) in [5, 5.41) is 3.57. The van der Waals surface area contributed by atoms with Crippen LogP contribution in [0, 0.1) is 0 Å². The number of alkyl halides is 6. The molecule has 0 saturated heterocycles. The van der Waals surface area contributed by atoms with Crippen LogP contribution in [-0.4, -0.2) is 44.1 Å². The number of fused-ring (bicyclic) bond motifs is 2. The highest BCUT2D eigenvalue weighted by molar-refractivity contribution is 5.97. The maximum absolute atomic E-state index is 12.5. The van der Waals surface area contributed by atoms with Crippen LogP contribution in [0.1, 0.15) is 0 Å². The first kappa shape index (κ1) is 24.8. The van der Waals surface area contributed by atoms with Crippen LogP contribution in [0.25, 0.3) is 44.8 Å². The molecule has 8 nitrogen and oxygen atoms in total. The Bertz CT molecular complexity index is 1560. The average molecular weight is 532 g/mol. The number of rotatable bonds is 4. The SMILES string of the molecule is O=C(Nc1ccc2nc(-c3ccc(-c4nc5ccc(NC(=O)C(F)(F)F)cc5[nH]4)cc3)[nH]c2c1)C(F)(F)F. The molecule has 2 amide bonds. The van der Waals surface area contributed by atoms with E-state index in [1.165, 1.54) is 36.4 Å². The fourth-order valence-corrected chi connectivity index (χ4v) is 3.64. The van der Waals surface area contributed by atoms with Crippen molar-refractivity contribution in [3.8, 4) is 22.8 Å². The Balaban J connectivity index is 1.36. The monoisotopic (exact) mass is 532 g/mol. The zero-order valence-electron chi connectivity index (χ0n) is 18.8. The summed E-state index contributed by atoms with van der Waals surface area (Å²) in [6.45, 7) is 0. The van der Waals surface area contributed by atoms with Crippen molar-refractivity contribution in [2.45, 2.75) is 12.4 Å². The first-order valence-corrected chi connectivity index (χ1v) is 10.7. The molecule has 0 radical (unpaired) electrons. The van der Waals surface area contributed by atoms with E-state index in [1.807, 2.05) is 0 Å². The third-order valence-corrected chi connectivity index (χ3v) is 5.43. The third kappa shape index (κ3) is 5.00. The standard InChI is InChI=1S/C24H14F6N6O2/c25-23(26,27)21(37)31-13-5-7-15-17(9-13)35-19(33-15)11-1-2-12(4-3-11)20-34-16-8-6-14(10-18(16)36-20)32-22(38)24(28,29)30/h1-10H,(H,31,37)(H,32,38)(H,33,35)(H,34,36). The van der Waals surface area contributed by atoms with E-state index < -0.39 is 24.2 Å². The summed E-state index contributed by atoms with van der Waals surface area (Å²) in [4.78, 5) is 37.2. The Morgan fingerprint density at radius 3 is 1.32 bits per heavy atom. The highest BCUT2D eigenvalue weighted by atomic mass is 19.4. The Labute approximate surface area is 208 Å². The molecular weight excluding hydrogens is 518 g/mol. The number of hydrogen-bond donors (Lipinski definition) is 4. The molecular formula is C24H14F6N6O2. The van der Waals surface area contributed by atoms with Crippen molar-refractivity contribution in [3.05, 3.63) is 60.7 Å². The molecule has 3 aromatic carbocycles. The fourth-order valence-electron chi connectivity index (χ4n) is 3.64. The van der Waals surface area contributed by atoms with Gasteiger partial charge in [-0.2, -0.15) is 26.3 Å². The Kier molecular flexibility index (Phi) is 5.81. The molecule has 0 aliphatic heterocycles. The van der Waals surface area contributed by atoms with Gasteiger partial charge in [-0.05, 0) is 36.4 Å². The Morgan fingerprint density at radius 1 is 0.605 bits per heavy atom. The fraction of sp³-hybridized carbons (Fsp3) is 0.0833. The van der Waals surface area contributed by atoms with E-state index in [0.29, 0.717) is 44.8 Å². The van der Waals surface area contributed by atoms with Gasteiger partial charge in [-0.15, -0.1) is 0 Å². The van der Waals surface area contributed by atoms with Gasteiger partial charge in [0, 0.05) is 22.5 Å². The maximum atomic E-state index is 12.5. The lowest BCUT2D eigenvalue weighted by Gasteiger charge is -2.07. The van der Waals surface area contributed by atoms with Crippen LogP contribution in [0.3, 0.4) is 0 Å². The predicted molar refractivity (Wildman–Crippen MR) is 126 cm³/mol. The summed E-state index contributed by atoms with van der Waals surface area (Å²) in [6.07, 6.45) is -10.0. The molecule has 0 unspecified atom stereocenters. The van der Waals surface area contributed by atoms with E-state index >= 15 is 0 Å². The van der Waals surface area contributed by atoms with Gasteiger partial charge in [0.15, 0.2) is 0 Å². The highest BCUT2D eigenvalue weighted by Crippen LogP contribution is 2.28. The molecule has 2 heterocycles. The minimum Gasteiger partial charge on any atom is -0.338 e. The normalized spacial score (nSPS) is 12.2. The number of amides is 2. The van der Waals surface area contributed by atoms with Crippen molar-refractivity contribution < 1.29 is 35.9 Å². The summed E-state index contributed by atoms with van der Waals surface area (Å²) in [5.41, 5.74) is 2.98. The molecule has 0 aliphatic carbocycles. The summed E-state index contributed by atoms with van der Waals surface area (Å²) in [6, 6.07) is 15.1. The number of imidazole rings is 2. The van der Waals surface area contributed by atoms with Gasteiger partial charge in [0.2, 0.25) is 0 Å². The van der Waals surface area contributed by atoms with Crippen LogP contribution in [-0.2, 0) is 9.59 Å². The molecule has 14 heteroatoms. The number of hydrogen-bond acceptors (Lipinski definition) is 4. The molecule has 0 spiro atoms. The summed E-state index contributed by atoms with van der Waals surface area (Å²) in [5.74, 6) is -3.30. The maximum Gasteiger partial charge on any atom is 0.471 e. The van der Waals surface area contributed by atoms with Crippen LogP contribution in [0.5, 0.6) is 0 Å². The van der Waals surface area contributed by atoms with Gasteiger partial charge >= 0.3 is 24.2 Å². The van der Waals surface area contributed by atoms with Crippen molar-refractivity contribution in [1.82, 2.24) is 19.9 Å². The number of aromatic nitrogens is 4. The molecule has 4 N–H and O–H groups in total. The summed E-state index contributed by atoms with van der Waals surface area (Å²) >= 11 is 0. The minimum atomic E-state index is -5.01.